The smallest absolute Gasteiger partial charge is 0.122 e. The van der Waals surface area contributed by atoms with E-state index in [9.17, 15) is 5.11 Å². The van der Waals surface area contributed by atoms with Gasteiger partial charge in [-0.15, -0.1) is 0 Å². The maximum absolute atomic E-state index is 10.4. The van der Waals surface area contributed by atoms with Gasteiger partial charge in [0, 0.05) is 12.5 Å². The number of benzene rings is 1. The molecule has 0 aliphatic carbocycles. The number of hydrogen-bond acceptors (Lipinski definition) is 2. The minimum atomic E-state index is 0.00217. The molecule has 0 saturated carbocycles. The first-order chi connectivity index (χ1) is 8.00. The molecule has 1 heterocycles. The predicted molar refractivity (Wildman–Crippen MR) is 71.7 cm³/mol. The van der Waals surface area contributed by atoms with Crippen LogP contribution in [-0.4, -0.2) is 18.2 Å². The van der Waals surface area contributed by atoms with E-state index in [4.69, 9.17) is 0 Å². The third-order valence-corrected chi connectivity index (χ3v) is 3.61. The Morgan fingerprint density at radius 2 is 2.06 bits per heavy atom. The van der Waals surface area contributed by atoms with Crippen molar-refractivity contribution in [3.8, 4) is 5.75 Å². The highest BCUT2D eigenvalue weighted by Crippen LogP contribution is 2.38. The molecule has 2 nitrogen and oxygen atoms in total. The Labute approximate surface area is 104 Å². The molecule has 1 aromatic rings. The maximum Gasteiger partial charge on any atom is 0.122 e. The van der Waals surface area contributed by atoms with E-state index < -0.39 is 0 Å². The number of piperidine rings is 1. The molecule has 1 fully saturated rings. The summed E-state index contributed by atoms with van der Waals surface area (Å²) in [5, 5.41) is 13.9. The van der Waals surface area contributed by atoms with Gasteiger partial charge in [-0.05, 0) is 35.9 Å². The van der Waals surface area contributed by atoms with Crippen LogP contribution in [0, 0.1) is 0 Å². The van der Waals surface area contributed by atoms with Crippen LogP contribution in [0.4, 0.5) is 0 Å². The third-order valence-electron chi connectivity index (χ3n) is 3.61. The SMILES string of the molecule is CC(C)(C)c1cccc(C2CCCNC2)c1O. The fourth-order valence-corrected chi connectivity index (χ4v) is 2.61. The van der Waals surface area contributed by atoms with E-state index in [1.807, 2.05) is 6.07 Å². The van der Waals surface area contributed by atoms with E-state index in [-0.39, 0.29) is 5.41 Å². The lowest BCUT2D eigenvalue weighted by molar-refractivity contribution is 0.411. The van der Waals surface area contributed by atoms with Crippen LogP contribution in [0.1, 0.15) is 50.7 Å². The lowest BCUT2D eigenvalue weighted by Crippen LogP contribution is -2.28. The van der Waals surface area contributed by atoms with Crippen molar-refractivity contribution in [2.75, 3.05) is 13.1 Å². The highest BCUT2D eigenvalue weighted by atomic mass is 16.3. The minimum Gasteiger partial charge on any atom is -0.507 e. The summed E-state index contributed by atoms with van der Waals surface area (Å²) < 4.78 is 0. The van der Waals surface area contributed by atoms with E-state index in [0.29, 0.717) is 11.7 Å². The summed E-state index contributed by atoms with van der Waals surface area (Å²) in [5.74, 6) is 0.972. The summed E-state index contributed by atoms with van der Waals surface area (Å²) in [6.45, 7) is 8.53. The van der Waals surface area contributed by atoms with Crippen molar-refractivity contribution in [1.29, 1.82) is 0 Å². The number of phenols is 1. The van der Waals surface area contributed by atoms with Gasteiger partial charge in [0.1, 0.15) is 5.75 Å². The number of phenolic OH excluding ortho intramolecular Hbond substituents is 1. The molecular formula is C15H23NO. The Hall–Kier alpha value is -1.02. The molecule has 1 aliphatic heterocycles. The van der Waals surface area contributed by atoms with E-state index in [1.165, 1.54) is 12.8 Å². The van der Waals surface area contributed by atoms with E-state index >= 15 is 0 Å². The topological polar surface area (TPSA) is 32.3 Å². The lowest BCUT2D eigenvalue weighted by Gasteiger charge is -2.27. The van der Waals surface area contributed by atoms with Crippen LogP contribution in [0.15, 0.2) is 18.2 Å². The summed E-state index contributed by atoms with van der Waals surface area (Å²) in [6, 6.07) is 6.18. The number of aromatic hydroxyl groups is 1. The molecule has 1 atom stereocenters. The van der Waals surface area contributed by atoms with Crippen molar-refractivity contribution in [1.82, 2.24) is 5.32 Å². The van der Waals surface area contributed by atoms with Crippen molar-refractivity contribution >= 4 is 0 Å². The molecule has 1 aromatic carbocycles. The number of para-hydroxylation sites is 1. The minimum absolute atomic E-state index is 0.00217. The Bertz CT molecular complexity index is 386. The molecule has 17 heavy (non-hydrogen) atoms. The van der Waals surface area contributed by atoms with Crippen molar-refractivity contribution in [3.05, 3.63) is 29.3 Å². The number of rotatable bonds is 1. The molecule has 0 bridgehead atoms. The Kier molecular flexibility index (Phi) is 3.43. The maximum atomic E-state index is 10.4. The highest BCUT2D eigenvalue weighted by Gasteiger charge is 2.24. The molecule has 2 rings (SSSR count). The lowest BCUT2D eigenvalue weighted by atomic mass is 9.82. The first-order valence-corrected chi connectivity index (χ1v) is 6.53. The summed E-state index contributed by atoms with van der Waals surface area (Å²) in [7, 11) is 0. The van der Waals surface area contributed by atoms with Gasteiger partial charge in [0.15, 0.2) is 0 Å². The Morgan fingerprint density at radius 1 is 1.29 bits per heavy atom. The van der Waals surface area contributed by atoms with Gasteiger partial charge in [-0.3, -0.25) is 0 Å². The quantitative estimate of drug-likeness (QED) is 0.781. The second-order valence-corrected chi connectivity index (χ2v) is 6.04. The molecule has 0 spiro atoms. The predicted octanol–water partition coefficient (Wildman–Crippen LogP) is 3.16. The second kappa shape index (κ2) is 4.69. The first kappa shape index (κ1) is 12.4. The number of nitrogens with one attached hydrogen (secondary N) is 1. The van der Waals surface area contributed by atoms with Crippen LogP contribution in [0.5, 0.6) is 5.75 Å². The summed E-state index contributed by atoms with van der Waals surface area (Å²) in [6.07, 6.45) is 2.37. The molecule has 2 heteroatoms. The first-order valence-electron chi connectivity index (χ1n) is 6.53. The van der Waals surface area contributed by atoms with Gasteiger partial charge >= 0.3 is 0 Å². The van der Waals surface area contributed by atoms with Crippen LogP contribution >= 0.6 is 0 Å². The monoisotopic (exact) mass is 233 g/mol. The van der Waals surface area contributed by atoms with Gasteiger partial charge in [0.05, 0.1) is 0 Å². The van der Waals surface area contributed by atoms with Crippen molar-refractivity contribution in [3.63, 3.8) is 0 Å². The Balaban J connectivity index is 2.35. The van der Waals surface area contributed by atoms with Crippen molar-refractivity contribution in [2.45, 2.75) is 44.9 Å². The van der Waals surface area contributed by atoms with Gasteiger partial charge in [-0.2, -0.15) is 0 Å². The number of hydrogen-bond donors (Lipinski definition) is 2. The fourth-order valence-electron chi connectivity index (χ4n) is 2.61. The van der Waals surface area contributed by atoms with Gasteiger partial charge in [0.25, 0.3) is 0 Å². The average molecular weight is 233 g/mol. The third kappa shape index (κ3) is 2.63. The molecule has 1 saturated heterocycles. The Morgan fingerprint density at radius 3 is 2.65 bits per heavy atom. The van der Waals surface area contributed by atoms with Crippen LogP contribution in [0.25, 0.3) is 0 Å². The average Bonchev–Trinajstić information content (AvgIpc) is 2.29. The van der Waals surface area contributed by atoms with Crippen molar-refractivity contribution < 1.29 is 5.11 Å². The molecule has 1 unspecified atom stereocenters. The zero-order valence-corrected chi connectivity index (χ0v) is 11.1. The second-order valence-electron chi connectivity index (χ2n) is 6.04. The standard InChI is InChI=1S/C15H23NO/c1-15(2,3)13-8-4-7-12(14(13)17)11-6-5-9-16-10-11/h4,7-8,11,16-17H,5-6,9-10H2,1-3H3. The van der Waals surface area contributed by atoms with E-state index in [0.717, 1.165) is 24.2 Å². The van der Waals surface area contributed by atoms with Crippen LogP contribution in [0.3, 0.4) is 0 Å². The van der Waals surface area contributed by atoms with Gasteiger partial charge in [0.2, 0.25) is 0 Å². The summed E-state index contributed by atoms with van der Waals surface area (Å²) in [5.41, 5.74) is 2.17. The molecule has 2 N–H and O–H groups in total. The van der Waals surface area contributed by atoms with Gasteiger partial charge < -0.3 is 10.4 Å². The normalized spacial score (nSPS) is 21.5. The molecular weight excluding hydrogens is 210 g/mol. The summed E-state index contributed by atoms with van der Waals surface area (Å²) in [4.78, 5) is 0. The fraction of sp³-hybridized carbons (Fsp3) is 0.600. The van der Waals surface area contributed by atoms with E-state index in [2.05, 4.69) is 38.2 Å². The molecule has 0 aromatic heterocycles. The van der Waals surface area contributed by atoms with Crippen LogP contribution in [-0.2, 0) is 5.41 Å². The highest BCUT2D eigenvalue weighted by molar-refractivity contribution is 5.46. The molecule has 1 aliphatic rings. The molecule has 0 amide bonds. The van der Waals surface area contributed by atoms with Crippen LogP contribution < -0.4 is 5.32 Å². The van der Waals surface area contributed by atoms with Crippen LogP contribution in [0.2, 0.25) is 0 Å². The zero-order chi connectivity index (χ0) is 12.5. The summed E-state index contributed by atoms with van der Waals surface area (Å²) >= 11 is 0. The largest absolute Gasteiger partial charge is 0.507 e. The van der Waals surface area contributed by atoms with Gasteiger partial charge in [-0.25, -0.2) is 0 Å². The molecule has 94 valence electrons. The van der Waals surface area contributed by atoms with Gasteiger partial charge in [-0.1, -0.05) is 39.0 Å². The van der Waals surface area contributed by atoms with E-state index in [1.54, 1.807) is 0 Å². The zero-order valence-electron chi connectivity index (χ0n) is 11.1. The molecule has 0 radical (unpaired) electrons. The van der Waals surface area contributed by atoms with Crippen molar-refractivity contribution in [2.24, 2.45) is 0 Å².